The molecule has 2 aromatic heterocycles. The summed E-state index contributed by atoms with van der Waals surface area (Å²) in [4.78, 5) is 31.6. The fourth-order valence-electron chi connectivity index (χ4n) is 5.68. The van der Waals surface area contributed by atoms with Crippen LogP contribution in [-0.4, -0.2) is 59.5 Å². The zero-order valence-corrected chi connectivity index (χ0v) is 24.4. The monoisotopic (exact) mass is 607 g/mol. The SMILES string of the molecule is CCNC(=O)NS(=O)(=O)c1cnn2c(Nc3ccc(F)cc3C)c(C(=O)N3CCC4(CC3)OCc3ccccc34)cnc12. The molecule has 1 saturated heterocycles. The molecule has 3 amide bonds. The number of hydrogen-bond donors (Lipinski definition) is 3. The van der Waals surface area contributed by atoms with Crippen molar-refractivity contribution in [3.05, 3.63) is 82.9 Å². The fourth-order valence-corrected chi connectivity index (χ4v) is 6.68. The molecular formula is C29H30FN7O5S. The second kappa shape index (κ2) is 10.9. The summed E-state index contributed by atoms with van der Waals surface area (Å²) in [7, 11) is -4.35. The summed E-state index contributed by atoms with van der Waals surface area (Å²) in [6, 6.07) is 11.3. The number of carbonyl (C=O) groups excluding carboxylic acids is 2. The molecule has 43 heavy (non-hydrogen) atoms. The van der Waals surface area contributed by atoms with Gasteiger partial charge in [-0.05, 0) is 61.6 Å². The number of benzene rings is 2. The van der Waals surface area contributed by atoms with Crippen molar-refractivity contribution in [2.75, 3.05) is 25.0 Å². The molecule has 2 aliphatic heterocycles. The lowest BCUT2D eigenvalue weighted by atomic mass is 9.83. The van der Waals surface area contributed by atoms with E-state index in [1.807, 2.05) is 16.9 Å². The summed E-state index contributed by atoms with van der Waals surface area (Å²) in [6.45, 7) is 4.96. The number of fused-ring (bicyclic) bond motifs is 3. The Bertz CT molecular complexity index is 1850. The van der Waals surface area contributed by atoms with Crippen molar-refractivity contribution < 1.29 is 27.1 Å². The van der Waals surface area contributed by atoms with Crippen LogP contribution in [0.3, 0.4) is 0 Å². The molecule has 12 nitrogen and oxygen atoms in total. The Balaban J connectivity index is 1.36. The zero-order valence-electron chi connectivity index (χ0n) is 23.6. The van der Waals surface area contributed by atoms with Gasteiger partial charge in [0.15, 0.2) is 10.5 Å². The number of carbonyl (C=O) groups is 2. The number of aryl methyl sites for hydroxylation is 1. The lowest BCUT2D eigenvalue weighted by molar-refractivity contribution is -0.0741. The predicted molar refractivity (Wildman–Crippen MR) is 155 cm³/mol. The second-order valence-corrected chi connectivity index (χ2v) is 12.2. The molecule has 0 bridgehead atoms. The van der Waals surface area contributed by atoms with Crippen molar-refractivity contribution in [3.63, 3.8) is 0 Å². The van der Waals surface area contributed by atoms with Gasteiger partial charge in [-0.1, -0.05) is 24.3 Å². The van der Waals surface area contributed by atoms with E-state index in [4.69, 9.17) is 4.74 Å². The number of hydrogen-bond acceptors (Lipinski definition) is 8. The molecule has 6 rings (SSSR count). The van der Waals surface area contributed by atoms with Crippen LogP contribution < -0.4 is 15.4 Å². The summed E-state index contributed by atoms with van der Waals surface area (Å²) in [5, 5.41) is 9.75. The Labute approximate surface area is 247 Å². The number of ether oxygens (including phenoxy) is 1. The number of nitrogens with zero attached hydrogens (tertiary/aromatic N) is 4. The molecule has 3 N–H and O–H groups in total. The molecule has 2 aromatic carbocycles. The number of likely N-dealkylation sites (tertiary alicyclic amines) is 1. The number of anilines is 2. The molecule has 224 valence electrons. The molecule has 2 aliphatic rings. The van der Waals surface area contributed by atoms with Crippen LogP contribution in [-0.2, 0) is 27.0 Å². The number of sulfonamides is 1. The Morgan fingerprint density at radius 2 is 1.88 bits per heavy atom. The first kappa shape index (κ1) is 28.6. The maximum absolute atomic E-state index is 14.0. The van der Waals surface area contributed by atoms with E-state index in [-0.39, 0.29) is 34.4 Å². The van der Waals surface area contributed by atoms with Gasteiger partial charge in [-0.3, -0.25) is 4.79 Å². The van der Waals surface area contributed by atoms with E-state index in [9.17, 15) is 22.4 Å². The first-order valence-corrected chi connectivity index (χ1v) is 15.3. The van der Waals surface area contributed by atoms with Gasteiger partial charge in [0, 0.05) is 31.5 Å². The Kier molecular flexibility index (Phi) is 7.26. The van der Waals surface area contributed by atoms with Crippen LogP contribution in [0.2, 0.25) is 0 Å². The summed E-state index contributed by atoms with van der Waals surface area (Å²) >= 11 is 0. The van der Waals surface area contributed by atoms with Crippen LogP contribution >= 0.6 is 0 Å². The highest BCUT2D eigenvalue weighted by atomic mass is 32.2. The van der Waals surface area contributed by atoms with Gasteiger partial charge in [0.05, 0.1) is 18.4 Å². The minimum absolute atomic E-state index is 0.107. The molecule has 14 heteroatoms. The first-order valence-electron chi connectivity index (χ1n) is 13.8. The summed E-state index contributed by atoms with van der Waals surface area (Å²) in [6.07, 6.45) is 3.57. The number of rotatable bonds is 6. The van der Waals surface area contributed by atoms with Crippen LogP contribution in [0.1, 0.15) is 46.8 Å². The molecule has 4 aromatic rings. The third-order valence-electron chi connectivity index (χ3n) is 7.89. The number of urea groups is 1. The average Bonchev–Trinajstić information content (AvgIpc) is 3.58. The van der Waals surface area contributed by atoms with E-state index in [2.05, 4.69) is 32.8 Å². The van der Waals surface area contributed by atoms with Crippen LogP contribution in [0.25, 0.3) is 5.65 Å². The summed E-state index contributed by atoms with van der Waals surface area (Å²) < 4.78 is 49.3. The van der Waals surface area contributed by atoms with Crippen molar-refractivity contribution >= 4 is 39.1 Å². The van der Waals surface area contributed by atoms with Gasteiger partial charge >= 0.3 is 6.03 Å². The second-order valence-electron chi connectivity index (χ2n) is 10.5. The topological polar surface area (TPSA) is 147 Å². The van der Waals surface area contributed by atoms with Crippen molar-refractivity contribution in [1.29, 1.82) is 0 Å². The zero-order chi connectivity index (χ0) is 30.4. The highest BCUT2D eigenvalue weighted by Crippen LogP contribution is 2.44. The molecule has 0 unspecified atom stereocenters. The van der Waals surface area contributed by atoms with Gasteiger partial charge in [0.1, 0.15) is 17.2 Å². The largest absolute Gasteiger partial charge is 0.365 e. The smallest absolute Gasteiger partial charge is 0.328 e. The molecule has 1 spiro atoms. The Hall–Kier alpha value is -4.56. The fraction of sp³-hybridized carbons (Fsp3) is 0.310. The number of aromatic nitrogens is 3. The van der Waals surface area contributed by atoms with E-state index in [0.29, 0.717) is 43.8 Å². The number of halogens is 1. The standard InChI is InChI=1S/C29H30FN7O5S/c1-3-31-28(39)35-43(40,41)24-16-33-37-25(34-23-9-8-20(30)14-18(23)2)21(15-32-26(24)37)27(38)36-12-10-29(11-13-36)22-7-5-4-6-19(22)17-42-29/h4-9,14-16,34H,3,10-13,17H2,1-2H3,(H2,31,35,39). The van der Waals surface area contributed by atoms with Gasteiger partial charge < -0.3 is 20.3 Å². The number of nitrogens with one attached hydrogen (secondary N) is 3. The lowest BCUT2D eigenvalue weighted by Gasteiger charge is -2.39. The van der Waals surface area contributed by atoms with Crippen molar-refractivity contribution in [2.24, 2.45) is 0 Å². The molecule has 0 radical (unpaired) electrons. The van der Waals surface area contributed by atoms with Crippen molar-refractivity contribution in [3.8, 4) is 0 Å². The maximum atomic E-state index is 14.0. The first-order chi connectivity index (χ1) is 20.6. The predicted octanol–water partition coefficient (Wildman–Crippen LogP) is 3.59. The van der Waals surface area contributed by atoms with Crippen LogP contribution in [0.5, 0.6) is 0 Å². The minimum atomic E-state index is -4.35. The van der Waals surface area contributed by atoms with Crippen molar-refractivity contribution in [1.82, 2.24) is 29.5 Å². The quantitative estimate of drug-likeness (QED) is 0.301. The molecule has 0 aliphatic carbocycles. The summed E-state index contributed by atoms with van der Waals surface area (Å²) in [5.74, 6) is -0.619. The van der Waals surface area contributed by atoms with E-state index >= 15 is 0 Å². The average molecular weight is 608 g/mol. The Morgan fingerprint density at radius 3 is 2.63 bits per heavy atom. The van der Waals surface area contributed by atoms with Crippen molar-refractivity contribution in [2.45, 2.75) is 43.8 Å². The van der Waals surface area contributed by atoms with Crippen LogP contribution in [0, 0.1) is 12.7 Å². The highest BCUT2D eigenvalue weighted by Gasteiger charge is 2.43. The van der Waals surface area contributed by atoms with E-state index in [0.717, 1.165) is 17.3 Å². The molecule has 4 heterocycles. The maximum Gasteiger partial charge on any atom is 0.328 e. The molecule has 1 fully saturated rings. The van der Waals surface area contributed by atoms with Crippen LogP contribution in [0.4, 0.5) is 20.7 Å². The lowest BCUT2D eigenvalue weighted by Crippen LogP contribution is -2.45. The third-order valence-corrected chi connectivity index (χ3v) is 9.21. The Morgan fingerprint density at radius 1 is 1.12 bits per heavy atom. The molecule has 0 atom stereocenters. The van der Waals surface area contributed by atoms with E-state index in [1.165, 1.54) is 28.9 Å². The number of amides is 3. The minimum Gasteiger partial charge on any atom is -0.365 e. The van der Waals surface area contributed by atoms with Gasteiger partial charge in [-0.2, -0.15) is 9.61 Å². The normalized spacial score (nSPS) is 15.8. The number of piperidine rings is 1. The van der Waals surface area contributed by atoms with E-state index in [1.54, 1.807) is 18.7 Å². The van der Waals surface area contributed by atoms with Gasteiger partial charge in [-0.15, -0.1) is 0 Å². The van der Waals surface area contributed by atoms with E-state index < -0.39 is 27.5 Å². The van der Waals surface area contributed by atoms with Gasteiger partial charge in [-0.25, -0.2) is 27.3 Å². The van der Waals surface area contributed by atoms with Crippen LogP contribution in [0.15, 0.2) is 59.8 Å². The van der Waals surface area contributed by atoms with Gasteiger partial charge in [0.25, 0.3) is 15.9 Å². The molecular weight excluding hydrogens is 577 g/mol. The highest BCUT2D eigenvalue weighted by molar-refractivity contribution is 7.90. The van der Waals surface area contributed by atoms with Gasteiger partial charge in [0.2, 0.25) is 0 Å². The molecule has 0 saturated carbocycles. The summed E-state index contributed by atoms with van der Waals surface area (Å²) in [5.41, 5.74) is 2.95. The third kappa shape index (κ3) is 5.16.